The Labute approximate surface area is 230 Å². The highest BCUT2D eigenvalue weighted by Gasteiger charge is 2.70. The molecule has 0 aliphatic heterocycles. The van der Waals surface area contributed by atoms with Crippen molar-refractivity contribution < 1.29 is 38.5 Å². The number of carbonyl (C=O) groups is 4. The third-order valence-corrected chi connectivity index (χ3v) is 10.5. The maximum atomic E-state index is 13.9. The van der Waals surface area contributed by atoms with Gasteiger partial charge >= 0.3 is 12.1 Å². The van der Waals surface area contributed by atoms with Gasteiger partial charge in [-0.3, -0.25) is 14.4 Å². The summed E-state index contributed by atoms with van der Waals surface area (Å²) in [4.78, 5) is 51.3. The van der Waals surface area contributed by atoms with E-state index in [1.807, 2.05) is 13.0 Å². The van der Waals surface area contributed by atoms with Gasteiger partial charge in [-0.15, -0.1) is 0 Å². The number of unbranched alkanes of at least 4 members (excludes halogenated alkanes) is 2. The summed E-state index contributed by atoms with van der Waals surface area (Å²) in [7, 11) is 0. The van der Waals surface area contributed by atoms with Crippen LogP contribution in [0.5, 0.6) is 0 Å². The molecule has 4 saturated carbocycles. The van der Waals surface area contributed by atoms with Gasteiger partial charge in [0.2, 0.25) is 5.78 Å². The first-order valence-corrected chi connectivity index (χ1v) is 14.7. The Morgan fingerprint density at radius 2 is 1.85 bits per heavy atom. The van der Waals surface area contributed by atoms with E-state index in [0.29, 0.717) is 19.3 Å². The second kappa shape index (κ2) is 10.5. The fourth-order valence-electron chi connectivity index (χ4n) is 8.37. The minimum atomic E-state index is -1.55. The van der Waals surface area contributed by atoms with Crippen LogP contribution in [0.3, 0.4) is 0 Å². The first kappa shape index (κ1) is 28.1. The van der Waals surface area contributed by atoms with Crippen LogP contribution in [0.2, 0.25) is 0 Å². The van der Waals surface area contributed by atoms with Crippen LogP contribution in [0.1, 0.15) is 85.0 Å². The fraction of sp³-hybridized carbons (Fsp3) is 0.742. The van der Waals surface area contributed by atoms with Gasteiger partial charge in [-0.1, -0.05) is 45.3 Å². The molecule has 0 spiro atoms. The first-order valence-electron chi connectivity index (χ1n) is 14.7. The van der Waals surface area contributed by atoms with Gasteiger partial charge in [-0.05, 0) is 75.4 Å². The van der Waals surface area contributed by atoms with Crippen LogP contribution in [0, 0.1) is 34.5 Å². The lowest BCUT2D eigenvalue weighted by Gasteiger charge is -2.59. The number of aliphatic hydroxyl groups is 1. The van der Waals surface area contributed by atoms with Crippen molar-refractivity contribution in [3.05, 3.63) is 23.8 Å². The van der Waals surface area contributed by atoms with Crippen LogP contribution in [0.15, 0.2) is 23.8 Å². The second-order valence-electron chi connectivity index (χ2n) is 12.8. The summed E-state index contributed by atoms with van der Waals surface area (Å²) in [6.07, 6.45) is 10.5. The van der Waals surface area contributed by atoms with Gasteiger partial charge < -0.3 is 19.3 Å². The molecule has 0 aromatic carbocycles. The zero-order chi connectivity index (χ0) is 28.0. The summed E-state index contributed by atoms with van der Waals surface area (Å²) in [6, 6.07) is 0. The Morgan fingerprint density at radius 3 is 2.56 bits per heavy atom. The minimum Gasteiger partial charge on any atom is -0.457 e. The molecule has 4 fully saturated rings. The molecule has 1 N–H and O–H groups in total. The molecule has 0 amide bonds. The van der Waals surface area contributed by atoms with Crippen molar-refractivity contribution in [3.8, 4) is 0 Å². The molecule has 1 unspecified atom stereocenters. The number of allylic oxidation sites excluding steroid dienone is 4. The largest absolute Gasteiger partial charge is 0.509 e. The first-order chi connectivity index (χ1) is 18.6. The molecule has 0 radical (unpaired) electrons. The Morgan fingerprint density at radius 1 is 1.08 bits per heavy atom. The van der Waals surface area contributed by atoms with Crippen LogP contribution in [0.25, 0.3) is 0 Å². The molecule has 214 valence electrons. The molecule has 8 nitrogen and oxygen atoms in total. The molecule has 39 heavy (non-hydrogen) atoms. The predicted molar refractivity (Wildman–Crippen MR) is 141 cm³/mol. The molecule has 0 aromatic rings. The van der Waals surface area contributed by atoms with Gasteiger partial charge in [-0.2, -0.15) is 0 Å². The number of esters is 1. The number of hydrogen-bond donors (Lipinski definition) is 1. The zero-order valence-electron chi connectivity index (χ0n) is 23.4. The van der Waals surface area contributed by atoms with Crippen molar-refractivity contribution >= 4 is 23.7 Å². The summed E-state index contributed by atoms with van der Waals surface area (Å²) in [6.45, 7) is 5.85. The predicted octanol–water partition coefficient (Wildman–Crippen LogP) is 4.87. The van der Waals surface area contributed by atoms with Crippen LogP contribution in [-0.4, -0.2) is 53.7 Å². The number of fused-ring (bicyclic) bond motifs is 5. The highest BCUT2D eigenvalue weighted by molar-refractivity contribution is 6.01. The van der Waals surface area contributed by atoms with Crippen molar-refractivity contribution in [3.63, 3.8) is 0 Å². The number of Topliss-reactive ketones (excluding diaryl/α,β-unsaturated/α-hetero) is 1. The SMILES string of the molecule is CCCCCOC(=O)O[C@]1(C(=O)COC(=O)C2CC2)CC[C@H]2[C@@H]3CCC4=CC(=O)C=C[C@]4(C)[C@H]3C(O)C[C@@]21C. The third-order valence-electron chi connectivity index (χ3n) is 10.5. The Hall–Kier alpha value is -2.48. The zero-order valence-corrected chi connectivity index (χ0v) is 23.4. The normalized spacial score (nSPS) is 38.7. The fourth-order valence-corrected chi connectivity index (χ4v) is 8.37. The number of aliphatic hydroxyl groups excluding tert-OH is 1. The lowest BCUT2D eigenvalue weighted by molar-refractivity contribution is -0.186. The second-order valence-corrected chi connectivity index (χ2v) is 12.8. The molecule has 0 saturated heterocycles. The number of rotatable bonds is 9. The molecule has 5 rings (SSSR count). The monoisotopic (exact) mass is 542 g/mol. The topological polar surface area (TPSA) is 116 Å². The highest BCUT2D eigenvalue weighted by atomic mass is 16.7. The standard InChI is InChI=1S/C31H42O8/c1-4-5-6-15-37-28(36)39-31(25(34)18-38-27(35)19-7-8-19)14-12-23-22-10-9-20-16-21(32)11-13-29(20,2)26(22)24(33)17-30(23,31)3/h11,13,16,19,22-24,26,33H,4-10,12,14-15,17-18H2,1-3H3/t22-,23-,24?,26+,29-,30-,31-/m0/s1. The number of hydrogen-bond acceptors (Lipinski definition) is 8. The summed E-state index contributed by atoms with van der Waals surface area (Å²) < 4.78 is 16.8. The molecular weight excluding hydrogens is 500 g/mol. The number of ether oxygens (including phenoxy) is 3. The van der Waals surface area contributed by atoms with Crippen molar-refractivity contribution in [2.75, 3.05) is 13.2 Å². The average Bonchev–Trinajstić information content (AvgIpc) is 3.70. The lowest BCUT2D eigenvalue weighted by Crippen LogP contribution is -2.63. The summed E-state index contributed by atoms with van der Waals surface area (Å²) in [5.74, 6) is -1.03. The number of carbonyl (C=O) groups excluding carboxylic acids is 4. The van der Waals surface area contributed by atoms with E-state index in [4.69, 9.17) is 14.2 Å². The molecule has 0 bridgehead atoms. The van der Waals surface area contributed by atoms with Gasteiger partial charge in [0.25, 0.3) is 0 Å². The molecule has 8 heteroatoms. The van der Waals surface area contributed by atoms with Crippen molar-refractivity contribution in [1.29, 1.82) is 0 Å². The number of ketones is 2. The smallest absolute Gasteiger partial charge is 0.457 e. The summed E-state index contributed by atoms with van der Waals surface area (Å²) in [5.41, 5.74) is -1.79. The van der Waals surface area contributed by atoms with E-state index in [2.05, 4.69) is 13.8 Å². The molecule has 5 aliphatic carbocycles. The van der Waals surface area contributed by atoms with Crippen LogP contribution in [-0.2, 0) is 28.6 Å². The maximum absolute atomic E-state index is 13.9. The Kier molecular flexibility index (Phi) is 7.55. The summed E-state index contributed by atoms with van der Waals surface area (Å²) in [5, 5.41) is 11.7. The highest BCUT2D eigenvalue weighted by Crippen LogP contribution is 2.68. The van der Waals surface area contributed by atoms with Crippen LogP contribution in [0.4, 0.5) is 4.79 Å². The van der Waals surface area contributed by atoms with E-state index < -0.39 is 41.1 Å². The van der Waals surface area contributed by atoms with E-state index in [1.165, 1.54) is 0 Å². The third kappa shape index (κ3) is 4.76. The summed E-state index contributed by atoms with van der Waals surface area (Å²) >= 11 is 0. The molecule has 0 heterocycles. The van der Waals surface area contributed by atoms with E-state index in [9.17, 15) is 24.3 Å². The van der Waals surface area contributed by atoms with Crippen LogP contribution >= 0.6 is 0 Å². The molecule has 5 aliphatic rings. The van der Waals surface area contributed by atoms with E-state index in [0.717, 1.165) is 44.1 Å². The van der Waals surface area contributed by atoms with E-state index in [1.54, 1.807) is 12.2 Å². The molecule has 0 aromatic heterocycles. The molecular formula is C31H42O8. The van der Waals surface area contributed by atoms with Gasteiger partial charge in [0.1, 0.15) is 0 Å². The van der Waals surface area contributed by atoms with E-state index in [-0.39, 0.29) is 48.5 Å². The van der Waals surface area contributed by atoms with E-state index >= 15 is 0 Å². The van der Waals surface area contributed by atoms with Gasteiger partial charge in [-0.25, -0.2) is 4.79 Å². The van der Waals surface area contributed by atoms with Gasteiger partial charge in [0.15, 0.2) is 18.0 Å². The van der Waals surface area contributed by atoms with Crippen molar-refractivity contribution in [2.45, 2.75) is 96.7 Å². The Bertz CT molecular complexity index is 1090. The minimum absolute atomic E-state index is 0.00581. The van der Waals surface area contributed by atoms with Gasteiger partial charge in [0, 0.05) is 16.7 Å². The van der Waals surface area contributed by atoms with Gasteiger partial charge in [0.05, 0.1) is 18.6 Å². The molecule has 7 atom stereocenters. The quantitative estimate of drug-likeness (QED) is 0.324. The lowest BCUT2D eigenvalue weighted by atomic mass is 9.46. The van der Waals surface area contributed by atoms with Crippen molar-refractivity contribution in [2.24, 2.45) is 34.5 Å². The van der Waals surface area contributed by atoms with Crippen LogP contribution < -0.4 is 0 Å². The van der Waals surface area contributed by atoms with Crippen molar-refractivity contribution in [1.82, 2.24) is 0 Å². The average molecular weight is 543 g/mol. The Balaban J connectivity index is 1.43. The maximum Gasteiger partial charge on any atom is 0.509 e.